The van der Waals surface area contributed by atoms with Gasteiger partial charge in [-0.05, 0) is 12.1 Å². The number of carbonyl (C=O) groups is 1. The Morgan fingerprint density at radius 2 is 2.53 bits per heavy atom. The first-order chi connectivity index (χ1) is 7.24. The second kappa shape index (κ2) is 4.43. The zero-order valence-corrected chi connectivity index (χ0v) is 8.19. The summed E-state index contributed by atoms with van der Waals surface area (Å²) in [5.41, 5.74) is 5.63. The van der Waals surface area contributed by atoms with Crippen LogP contribution in [0.3, 0.4) is 0 Å². The van der Waals surface area contributed by atoms with E-state index in [-0.39, 0.29) is 18.4 Å². The van der Waals surface area contributed by atoms with Gasteiger partial charge in [0.1, 0.15) is 12.0 Å². The van der Waals surface area contributed by atoms with Gasteiger partial charge in [0.05, 0.1) is 25.4 Å². The van der Waals surface area contributed by atoms with Crippen LogP contribution in [0.25, 0.3) is 0 Å². The van der Waals surface area contributed by atoms with E-state index in [2.05, 4.69) is 16.0 Å². The highest BCUT2D eigenvalue weighted by Crippen LogP contribution is 2.00. The van der Waals surface area contributed by atoms with Crippen LogP contribution in [0.2, 0.25) is 0 Å². The van der Waals surface area contributed by atoms with E-state index < -0.39 is 0 Å². The zero-order valence-electron chi connectivity index (χ0n) is 8.19. The van der Waals surface area contributed by atoms with Crippen molar-refractivity contribution < 1.29 is 9.21 Å². The first-order valence-electron chi connectivity index (χ1n) is 4.81. The van der Waals surface area contributed by atoms with Crippen LogP contribution < -0.4 is 21.7 Å². The van der Waals surface area contributed by atoms with Crippen molar-refractivity contribution in [2.75, 3.05) is 0 Å². The lowest BCUT2D eigenvalue weighted by atomic mass is 10.3. The van der Waals surface area contributed by atoms with Crippen LogP contribution >= 0.6 is 0 Å². The lowest BCUT2D eigenvalue weighted by Gasteiger charge is -2.29. The van der Waals surface area contributed by atoms with Gasteiger partial charge in [0, 0.05) is 0 Å². The van der Waals surface area contributed by atoms with Crippen molar-refractivity contribution in [1.82, 2.24) is 16.0 Å². The molecule has 0 saturated carbocycles. The second-order valence-corrected chi connectivity index (χ2v) is 3.44. The molecule has 0 aromatic carbocycles. The number of rotatable bonds is 3. The van der Waals surface area contributed by atoms with E-state index in [1.54, 1.807) is 6.26 Å². The minimum Gasteiger partial charge on any atom is -0.468 e. The van der Waals surface area contributed by atoms with Crippen molar-refractivity contribution in [3.63, 3.8) is 0 Å². The Hall–Kier alpha value is -1.37. The summed E-state index contributed by atoms with van der Waals surface area (Å²) < 4.78 is 5.14. The van der Waals surface area contributed by atoms with Crippen LogP contribution in [0.1, 0.15) is 12.2 Å². The van der Waals surface area contributed by atoms with E-state index >= 15 is 0 Å². The van der Waals surface area contributed by atoms with Crippen LogP contribution in [-0.4, -0.2) is 18.4 Å². The number of hydrogen-bond acceptors (Lipinski definition) is 5. The molecule has 5 N–H and O–H groups in total. The van der Waals surface area contributed by atoms with Crippen molar-refractivity contribution >= 4 is 5.91 Å². The third-order valence-corrected chi connectivity index (χ3v) is 2.15. The van der Waals surface area contributed by atoms with Crippen LogP contribution in [0.5, 0.6) is 0 Å². The van der Waals surface area contributed by atoms with Gasteiger partial charge in [-0.3, -0.25) is 15.4 Å². The van der Waals surface area contributed by atoms with Crippen molar-refractivity contribution in [2.24, 2.45) is 5.73 Å². The molecule has 1 fully saturated rings. The predicted molar refractivity (Wildman–Crippen MR) is 53.2 cm³/mol. The standard InChI is InChI=1S/C9H14N4O2/c10-7-4-8(14)13-9(12-7)11-5-6-2-1-3-15-6/h1-3,7,9,11-12H,4-5,10H2,(H,13,14). The van der Waals surface area contributed by atoms with Crippen LogP contribution in [-0.2, 0) is 11.3 Å². The first-order valence-corrected chi connectivity index (χ1v) is 4.81. The van der Waals surface area contributed by atoms with Crippen LogP contribution in [0, 0.1) is 0 Å². The summed E-state index contributed by atoms with van der Waals surface area (Å²) in [5, 5.41) is 8.80. The fourth-order valence-electron chi connectivity index (χ4n) is 1.46. The highest BCUT2D eigenvalue weighted by atomic mass is 16.3. The monoisotopic (exact) mass is 210 g/mol. The molecule has 0 spiro atoms. The molecular formula is C9H14N4O2. The Morgan fingerprint density at radius 3 is 3.20 bits per heavy atom. The number of nitrogens with two attached hydrogens (primary N) is 1. The van der Waals surface area contributed by atoms with E-state index in [1.165, 1.54) is 0 Å². The zero-order chi connectivity index (χ0) is 10.7. The van der Waals surface area contributed by atoms with Crippen molar-refractivity contribution in [3.05, 3.63) is 24.2 Å². The molecule has 82 valence electrons. The van der Waals surface area contributed by atoms with Gasteiger partial charge in [0.15, 0.2) is 0 Å². The maximum absolute atomic E-state index is 11.2. The average Bonchev–Trinajstić information content (AvgIpc) is 2.65. The summed E-state index contributed by atoms with van der Waals surface area (Å²) in [6.45, 7) is 0.539. The molecule has 0 aliphatic carbocycles. The van der Waals surface area contributed by atoms with Crippen molar-refractivity contribution in [2.45, 2.75) is 25.4 Å². The molecule has 2 unspecified atom stereocenters. The molecule has 1 aromatic rings. The summed E-state index contributed by atoms with van der Waals surface area (Å²) in [6, 6.07) is 3.67. The lowest BCUT2D eigenvalue weighted by Crippen LogP contribution is -2.64. The molecule has 1 amide bonds. The van der Waals surface area contributed by atoms with E-state index in [1.807, 2.05) is 12.1 Å². The summed E-state index contributed by atoms with van der Waals surface area (Å²) in [6.07, 6.45) is 1.31. The molecule has 6 nitrogen and oxygen atoms in total. The van der Waals surface area contributed by atoms with Crippen molar-refractivity contribution in [3.8, 4) is 0 Å². The number of amides is 1. The molecule has 1 saturated heterocycles. The Morgan fingerprint density at radius 1 is 1.67 bits per heavy atom. The number of furan rings is 1. The molecule has 1 aliphatic rings. The van der Waals surface area contributed by atoms with Gasteiger partial charge in [-0.1, -0.05) is 0 Å². The summed E-state index contributed by atoms with van der Waals surface area (Å²) in [5.74, 6) is 0.753. The SMILES string of the molecule is NC1CC(=O)NC(NCc2ccco2)N1. The normalized spacial score (nSPS) is 26.3. The molecule has 2 atom stereocenters. The molecular weight excluding hydrogens is 196 g/mol. The molecule has 1 aliphatic heterocycles. The predicted octanol–water partition coefficient (Wildman–Crippen LogP) is -0.953. The van der Waals surface area contributed by atoms with Gasteiger partial charge in [0.2, 0.25) is 5.91 Å². The lowest BCUT2D eigenvalue weighted by molar-refractivity contribution is -0.124. The number of nitrogens with one attached hydrogen (secondary N) is 3. The highest BCUT2D eigenvalue weighted by molar-refractivity contribution is 5.77. The Bertz CT molecular complexity index is 325. The van der Waals surface area contributed by atoms with Crippen molar-refractivity contribution in [1.29, 1.82) is 0 Å². The summed E-state index contributed by atoms with van der Waals surface area (Å²) in [7, 11) is 0. The fourth-order valence-corrected chi connectivity index (χ4v) is 1.46. The molecule has 0 radical (unpaired) electrons. The summed E-state index contributed by atoms with van der Waals surface area (Å²) in [4.78, 5) is 11.2. The molecule has 1 aromatic heterocycles. The molecule has 6 heteroatoms. The first kappa shape index (κ1) is 10.2. The van der Waals surface area contributed by atoms with Crippen LogP contribution in [0.4, 0.5) is 0 Å². The third kappa shape index (κ3) is 2.79. The quantitative estimate of drug-likeness (QED) is 0.516. The minimum absolute atomic E-state index is 0.0572. The molecule has 2 rings (SSSR count). The fraction of sp³-hybridized carbons (Fsp3) is 0.444. The number of carbonyl (C=O) groups excluding carboxylic acids is 1. The van der Waals surface area contributed by atoms with E-state index in [4.69, 9.17) is 10.2 Å². The Kier molecular flexibility index (Phi) is 3.00. The largest absolute Gasteiger partial charge is 0.468 e. The number of hydrogen-bond donors (Lipinski definition) is 4. The van der Waals surface area contributed by atoms with Crippen LogP contribution in [0.15, 0.2) is 22.8 Å². The Balaban J connectivity index is 1.81. The van der Waals surface area contributed by atoms with E-state index in [0.29, 0.717) is 13.0 Å². The molecule has 15 heavy (non-hydrogen) atoms. The molecule has 0 bridgehead atoms. The maximum atomic E-state index is 11.2. The van der Waals surface area contributed by atoms with E-state index in [0.717, 1.165) is 5.76 Å². The van der Waals surface area contributed by atoms with Gasteiger partial charge in [0.25, 0.3) is 0 Å². The maximum Gasteiger partial charge on any atom is 0.225 e. The molecule has 2 heterocycles. The topological polar surface area (TPSA) is 92.3 Å². The average molecular weight is 210 g/mol. The summed E-state index contributed by atoms with van der Waals surface area (Å²) >= 11 is 0. The Labute approximate surface area is 87.2 Å². The van der Waals surface area contributed by atoms with Gasteiger partial charge in [-0.2, -0.15) is 0 Å². The van der Waals surface area contributed by atoms with E-state index in [9.17, 15) is 4.79 Å². The smallest absolute Gasteiger partial charge is 0.225 e. The minimum atomic E-state index is -0.300. The van der Waals surface area contributed by atoms with Gasteiger partial charge < -0.3 is 15.5 Å². The van der Waals surface area contributed by atoms with Gasteiger partial charge in [-0.25, -0.2) is 0 Å². The van der Waals surface area contributed by atoms with Gasteiger partial charge in [-0.15, -0.1) is 0 Å². The van der Waals surface area contributed by atoms with Gasteiger partial charge >= 0.3 is 0 Å². The second-order valence-electron chi connectivity index (χ2n) is 3.44. The highest BCUT2D eigenvalue weighted by Gasteiger charge is 2.22. The third-order valence-electron chi connectivity index (χ3n) is 2.15.